The van der Waals surface area contributed by atoms with Crippen LogP contribution in [0.15, 0.2) is 31.3 Å². The lowest BCUT2D eigenvalue weighted by Crippen LogP contribution is -2.22. The molecule has 1 aliphatic rings. The average molecular weight is 504 g/mol. The highest BCUT2D eigenvalue weighted by Crippen LogP contribution is 2.32. The number of carbonyl (C=O) groups is 1. The second-order valence-corrected chi connectivity index (χ2v) is 8.89. The Morgan fingerprint density at radius 2 is 2.17 bits per heavy atom. The lowest BCUT2D eigenvalue weighted by Gasteiger charge is -2.12. The van der Waals surface area contributed by atoms with Crippen LogP contribution in [-0.2, 0) is 14.1 Å². The minimum atomic E-state index is -2.15. The van der Waals surface area contributed by atoms with Crippen LogP contribution < -0.4 is 10.6 Å². The van der Waals surface area contributed by atoms with E-state index in [1.54, 1.807) is 29.5 Å². The van der Waals surface area contributed by atoms with E-state index in [0.717, 1.165) is 37.9 Å². The largest absolute Gasteiger partial charge is 0.390 e. The molecule has 0 bridgehead atoms. The number of H-pyrrole nitrogens is 1. The zero-order valence-corrected chi connectivity index (χ0v) is 20.1. The maximum absolute atomic E-state index is 11.8. The number of unbranched alkanes of at least 4 members (excludes halogenated alkanes) is 3. The number of hydrogen-bond donors (Lipinski definition) is 4. The minimum Gasteiger partial charge on any atom is -0.390 e. The van der Waals surface area contributed by atoms with Crippen LogP contribution in [0, 0.1) is 0 Å². The lowest BCUT2D eigenvalue weighted by molar-refractivity contribution is -0.116. The van der Waals surface area contributed by atoms with Gasteiger partial charge in [0, 0.05) is 25.6 Å². The summed E-state index contributed by atoms with van der Waals surface area (Å²) in [4.78, 5) is 31.7. The third-order valence-electron chi connectivity index (χ3n) is 5.76. The quantitative estimate of drug-likeness (QED) is 0.155. The molecule has 1 fully saturated rings. The number of hydrogen-bond acceptors (Lipinski definition) is 9. The number of nitrogens with one attached hydrogen (secondary N) is 3. The zero-order valence-electron chi connectivity index (χ0n) is 20.2. The molecule has 13 heteroatoms. The molecule has 4 N–H and O–H groups in total. The molecule has 35 heavy (non-hydrogen) atoms. The van der Waals surface area contributed by atoms with Crippen LogP contribution in [0.3, 0.4) is 0 Å². The molecule has 0 aliphatic carbocycles. The van der Waals surface area contributed by atoms with E-state index in [1.165, 1.54) is 12.4 Å². The van der Waals surface area contributed by atoms with E-state index < -0.39 is 26.8 Å². The summed E-state index contributed by atoms with van der Waals surface area (Å²) in [6.07, 6.45) is 11.7. The van der Waals surface area contributed by atoms with Gasteiger partial charge in [0.05, 0.1) is 30.6 Å². The van der Waals surface area contributed by atoms with Gasteiger partial charge in [-0.25, -0.2) is 19.9 Å². The van der Waals surface area contributed by atoms with Crippen LogP contribution in [0.2, 0.25) is 0 Å². The number of amides is 1. The predicted octanol–water partition coefficient (Wildman–Crippen LogP) is 2.02. The Hall–Kier alpha value is -3.21. The minimum absolute atomic E-state index is 0.00315. The Balaban J connectivity index is 1.17. The highest BCUT2D eigenvalue weighted by molar-refractivity contribution is 7.23. The van der Waals surface area contributed by atoms with E-state index in [4.69, 9.17) is 6.02 Å². The Morgan fingerprint density at radius 3 is 2.97 bits per heavy atom. The SMILES string of the molecule is [3H][P+](=O)CC1OC(n2cnc3c(NCCCCCCNC(=O)/C=C/c4cnc[nH]4)ncnc32)CC1O. The summed E-state index contributed by atoms with van der Waals surface area (Å²) in [5.74, 6) is 0.498. The number of aliphatic hydroxyl groups excluding tert-OH is 1. The fourth-order valence-electron chi connectivity index (χ4n) is 3.92. The van der Waals surface area contributed by atoms with Gasteiger partial charge in [0.2, 0.25) is 5.91 Å². The molecule has 0 saturated carbocycles. The molecule has 4 heterocycles. The van der Waals surface area contributed by atoms with Crippen LogP contribution in [0.5, 0.6) is 0 Å². The van der Waals surface area contributed by atoms with E-state index in [0.29, 0.717) is 29.9 Å². The Bertz CT molecular complexity index is 1190. The summed E-state index contributed by atoms with van der Waals surface area (Å²) >= 11 is 0. The topological polar surface area (TPSA) is 160 Å². The van der Waals surface area contributed by atoms with Gasteiger partial charge in [-0.2, -0.15) is 0 Å². The number of imidazole rings is 2. The van der Waals surface area contributed by atoms with Crippen molar-refractivity contribution in [3.63, 3.8) is 0 Å². The second kappa shape index (κ2) is 12.5. The summed E-state index contributed by atoms with van der Waals surface area (Å²) in [6, 6.07) is 0. The molecule has 1 saturated heterocycles. The molecule has 1 amide bonds. The Labute approximate surface area is 205 Å². The number of nitrogens with zero attached hydrogens (tertiary/aromatic N) is 5. The van der Waals surface area contributed by atoms with Crippen molar-refractivity contribution >= 4 is 37.4 Å². The van der Waals surface area contributed by atoms with Crippen molar-refractivity contribution in [1.29, 1.82) is 1.28 Å². The van der Waals surface area contributed by atoms with Crippen LogP contribution in [0.25, 0.3) is 17.2 Å². The van der Waals surface area contributed by atoms with Gasteiger partial charge in [-0.1, -0.05) is 17.4 Å². The summed E-state index contributed by atoms with van der Waals surface area (Å²) in [5, 5.41) is 16.4. The van der Waals surface area contributed by atoms with Crippen molar-refractivity contribution in [1.82, 2.24) is 34.8 Å². The first-order valence-corrected chi connectivity index (χ1v) is 12.6. The van der Waals surface area contributed by atoms with Gasteiger partial charge < -0.3 is 25.5 Å². The number of aromatic nitrogens is 6. The monoisotopic (exact) mass is 503 g/mol. The predicted molar refractivity (Wildman–Crippen MR) is 131 cm³/mol. The molecule has 12 nitrogen and oxygen atoms in total. The smallest absolute Gasteiger partial charge is 0.388 e. The van der Waals surface area contributed by atoms with E-state index in [-0.39, 0.29) is 12.1 Å². The summed E-state index contributed by atoms with van der Waals surface area (Å²) in [5.41, 5.74) is 1.97. The first kappa shape index (κ1) is 23.5. The van der Waals surface area contributed by atoms with Crippen LogP contribution in [-0.4, -0.2) is 73.2 Å². The molecular weight excluding hydrogens is 471 g/mol. The van der Waals surface area contributed by atoms with Crippen molar-refractivity contribution in [2.45, 2.75) is 50.5 Å². The van der Waals surface area contributed by atoms with Gasteiger partial charge in [0.1, 0.15) is 18.7 Å². The number of anilines is 1. The van der Waals surface area contributed by atoms with E-state index >= 15 is 0 Å². The van der Waals surface area contributed by atoms with Crippen LogP contribution in [0.4, 0.5) is 5.82 Å². The summed E-state index contributed by atoms with van der Waals surface area (Å²) in [6.45, 7) is 1.34. The molecule has 3 aromatic rings. The van der Waals surface area contributed by atoms with Gasteiger partial charge >= 0.3 is 9.68 Å². The van der Waals surface area contributed by atoms with E-state index in [1.807, 2.05) is 0 Å². The highest BCUT2D eigenvalue weighted by atomic mass is 31.1. The molecule has 3 aromatic heterocycles. The summed E-state index contributed by atoms with van der Waals surface area (Å²) < 4.78 is 26.1. The Morgan fingerprint density at radius 1 is 1.31 bits per heavy atom. The number of aliphatic hydroxyl groups is 1. The lowest BCUT2D eigenvalue weighted by atomic mass is 10.2. The van der Waals surface area contributed by atoms with Crippen molar-refractivity contribution in [3.8, 4) is 0 Å². The van der Waals surface area contributed by atoms with Gasteiger partial charge in [-0.3, -0.25) is 9.36 Å². The van der Waals surface area contributed by atoms with Crippen LogP contribution >= 0.6 is 8.41 Å². The number of rotatable bonds is 13. The molecule has 1 aliphatic heterocycles. The number of fused-ring (bicyclic) bond motifs is 1. The van der Waals surface area contributed by atoms with E-state index in [9.17, 15) is 14.5 Å². The highest BCUT2D eigenvalue weighted by Gasteiger charge is 2.37. The average Bonchev–Trinajstić information content (AvgIpc) is 3.60. The van der Waals surface area contributed by atoms with Gasteiger partial charge in [0.15, 0.2) is 23.1 Å². The van der Waals surface area contributed by atoms with Crippen LogP contribution in [0.1, 0.15) is 44.0 Å². The maximum atomic E-state index is 11.8. The number of aromatic amines is 1. The first-order valence-electron chi connectivity index (χ1n) is 12.1. The van der Waals surface area contributed by atoms with Gasteiger partial charge in [-0.15, -0.1) is 0 Å². The second-order valence-electron chi connectivity index (χ2n) is 8.26. The number of ether oxygens (including phenoxy) is 1. The molecular formula is C22H30N8O4P+. The molecule has 4 rings (SSSR count). The third kappa shape index (κ3) is 6.68. The molecule has 0 radical (unpaired) electrons. The Kier molecular flexibility index (Phi) is 8.39. The fourth-order valence-corrected chi connectivity index (χ4v) is 4.40. The van der Waals surface area contributed by atoms with Gasteiger partial charge in [0.25, 0.3) is 0 Å². The number of carbonyl (C=O) groups excluding carboxylic acids is 1. The van der Waals surface area contributed by atoms with Gasteiger partial charge in [-0.05, 0) is 18.9 Å². The molecule has 186 valence electrons. The van der Waals surface area contributed by atoms with Crippen molar-refractivity contribution < 1.29 is 19.2 Å². The van der Waals surface area contributed by atoms with Crippen molar-refractivity contribution in [2.75, 3.05) is 24.6 Å². The maximum Gasteiger partial charge on any atom is 0.388 e. The van der Waals surface area contributed by atoms with Crippen molar-refractivity contribution in [3.05, 3.63) is 36.9 Å². The first-order chi connectivity index (χ1) is 17.5. The molecule has 4 atom stereocenters. The third-order valence-corrected chi connectivity index (χ3v) is 6.27. The van der Waals surface area contributed by atoms with E-state index in [2.05, 4.69) is 35.6 Å². The molecule has 0 spiro atoms. The molecule has 4 unspecified atom stereocenters. The van der Waals surface area contributed by atoms with Crippen molar-refractivity contribution in [2.24, 2.45) is 0 Å². The zero-order chi connectivity index (χ0) is 25.3. The standard InChI is InChI=1S/C22H29N8O4P/c31-16-9-19(34-17(16)11-35-33)30-14-29-20-21(27-13-28-22(20)30)25-8-4-2-1-3-7-24-18(32)6-5-15-10-23-12-26-15/h5-6,10,12-14,16-17,19,31H,1-4,7-9,11H2,(H,23,26)(H,24,32)(H,25,27,28)/p+1/b6-5+/i/hT. The molecule has 0 aromatic carbocycles. The fraction of sp³-hybridized carbons (Fsp3) is 0.500. The summed E-state index contributed by atoms with van der Waals surface area (Å²) in [7, 11) is -2.15. The normalized spacial score (nSPS) is 20.9.